The second kappa shape index (κ2) is 6.00. The second-order valence-electron chi connectivity index (χ2n) is 7.80. The zero-order valence-electron chi connectivity index (χ0n) is 14.8. The summed E-state index contributed by atoms with van der Waals surface area (Å²) in [5.41, 5.74) is 8.65. The molecule has 2 spiro atoms. The minimum atomic E-state index is -1.60. The number of hydrogen-bond acceptors (Lipinski definition) is 4. The third kappa shape index (κ3) is 2.80. The molecule has 128 valence electrons. The maximum Gasteiger partial charge on any atom is 0.184 e. The smallest absolute Gasteiger partial charge is 0.184 e. The van der Waals surface area contributed by atoms with Gasteiger partial charge in [-0.05, 0) is 62.0 Å². The van der Waals surface area contributed by atoms with Crippen molar-refractivity contribution in [2.45, 2.75) is 56.1 Å². The summed E-state index contributed by atoms with van der Waals surface area (Å²) in [6.45, 7) is 1.93. The Morgan fingerprint density at radius 2 is 1.92 bits per heavy atom. The average molecular weight is 406 g/mol. The van der Waals surface area contributed by atoms with Gasteiger partial charge in [-0.3, -0.25) is 4.99 Å². The first-order chi connectivity index (χ1) is 12.1. The molecule has 1 heterocycles. The normalized spacial score (nSPS) is 33.4. The first-order valence-corrected chi connectivity index (χ1v) is 9.69. The fraction of sp³-hybridized carbons (Fsp3) is 0.556. The number of nitrogens with zero attached hydrogens (tertiary/aromatic N) is 2. The number of aliphatic imine (C=N–C) groups is 2. The van der Waals surface area contributed by atoms with E-state index < -0.39 is 11.0 Å². The van der Waals surface area contributed by atoms with Crippen molar-refractivity contribution in [2.24, 2.45) is 21.1 Å². The molecule has 3 aliphatic rings. The lowest BCUT2D eigenvalue weighted by Crippen LogP contribution is -2.46. The maximum absolute atomic E-state index is 6.16. The van der Waals surface area contributed by atoms with Crippen LogP contribution in [0.25, 0.3) is 0 Å². The van der Waals surface area contributed by atoms with Crippen LogP contribution in [-0.4, -0.2) is 46.5 Å². The Morgan fingerprint density at radius 3 is 2.50 bits per heavy atom. The molecular formula is C18H19B3BrN3O. The van der Waals surface area contributed by atoms with Crippen LogP contribution in [0, 0.1) is 5.41 Å². The highest BCUT2D eigenvalue weighted by Crippen LogP contribution is 2.62. The van der Waals surface area contributed by atoms with Crippen molar-refractivity contribution in [1.82, 2.24) is 0 Å². The van der Waals surface area contributed by atoms with Crippen molar-refractivity contribution in [1.29, 1.82) is 0 Å². The molecule has 2 N–H and O–H groups in total. The van der Waals surface area contributed by atoms with Gasteiger partial charge in [-0.25, -0.2) is 4.99 Å². The lowest BCUT2D eigenvalue weighted by atomic mass is 9.52. The van der Waals surface area contributed by atoms with E-state index in [0.717, 1.165) is 47.9 Å². The van der Waals surface area contributed by atoms with Crippen LogP contribution >= 0.6 is 15.9 Å². The van der Waals surface area contributed by atoms with E-state index in [2.05, 4.69) is 34.1 Å². The molecule has 1 atom stereocenters. The zero-order chi connectivity index (χ0) is 18.7. The fourth-order valence-electron chi connectivity index (χ4n) is 4.81. The van der Waals surface area contributed by atoms with Gasteiger partial charge in [0.05, 0.1) is 35.4 Å². The van der Waals surface area contributed by atoms with E-state index in [9.17, 15) is 0 Å². The summed E-state index contributed by atoms with van der Waals surface area (Å²) in [5, 5.41) is -1.60. The molecular weight excluding hydrogens is 387 g/mol. The third-order valence-corrected chi connectivity index (χ3v) is 6.45. The molecule has 4 nitrogen and oxygen atoms in total. The Bertz CT molecular complexity index is 792. The molecule has 8 heteroatoms. The van der Waals surface area contributed by atoms with Crippen molar-refractivity contribution >= 4 is 51.0 Å². The van der Waals surface area contributed by atoms with Crippen LogP contribution in [0.2, 0.25) is 0 Å². The minimum absolute atomic E-state index is 0.0547. The molecule has 6 radical (unpaired) electrons. The van der Waals surface area contributed by atoms with E-state index in [4.69, 9.17) is 44.0 Å². The van der Waals surface area contributed by atoms with Crippen LogP contribution in [-0.2, 0) is 16.8 Å². The van der Waals surface area contributed by atoms with Gasteiger partial charge in [-0.1, -0.05) is 22.0 Å². The Kier molecular flexibility index (Phi) is 4.24. The highest BCUT2D eigenvalue weighted by molar-refractivity contribution is 9.10. The molecule has 1 saturated carbocycles. The monoisotopic (exact) mass is 405 g/mol. The number of rotatable bonds is 2. The maximum atomic E-state index is 6.16. The summed E-state index contributed by atoms with van der Waals surface area (Å²) in [6.07, 6.45) is 4.29. The highest BCUT2D eigenvalue weighted by atomic mass is 79.9. The van der Waals surface area contributed by atoms with Crippen molar-refractivity contribution in [3.8, 4) is 0 Å². The van der Waals surface area contributed by atoms with E-state index in [1.807, 2.05) is 6.92 Å². The molecule has 0 bridgehead atoms. The summed E-state index contributed by atoms with van der Waals surface area (Å²) in [5.74, 6) is 0.528. The number of hydrogen-bond donors (Lipinski definition) is 1. The van der Waals surface area contributed by atoms with Gasteiger partial charge in [0, 0.05) is 15.5 Å². The van der Waals surface area contributed by atoms with Crippen LogP contribution in [0.4, 0.5) is 0 Å². The third-order valence-electron chi connectivity index (χ3n) is 5.96. The van der Waals surface area contributed by atoms with Gasteiger partial charge in [-0.2, -0.15) is 0 Å². The van der Waals surface area contributed by atoms with Crippen molar-refractivity contribution in [3.05, 3.63) is 33.8 Å². The number of fused-ring (bicyclic) bond motifs is 3. The molecule has 0 aromatic heterocycles. The van der Waals surface area contributed by atoms with Gasteiger partial charge < -0.3 is 10.5 Å². The molecule has 1 aromatic rings. The number of ether oxygens (including phenoxy) is 1. The van der Waals surface area contributed by atoms with Gasteiger partial charge in [-0.15, -0.1) is 0 Å². The van der Waals surface area contributed by atoms with Crippen molar-refractivity contribution in [2.75, 3.05) is 0 Å². The summed E-state index contributed by atoms with van der Waals surface area (Å²) < 4.78 is 6.63. The van der Waals surface area contributed by atoms with Gasteiger partial charge >= 0.3 is 0 Å². The minimum Gasteiger partial charge on any atom is -0.400 e. The Morgan fingerprint density at radius 1 is 1.23 bits per heavy atom. The molecule has 0 saturated heterocycles. The molecule has 0 amide bonds. The van der Waals surface area contributed by atoms with E-state index >= 15 is 0 Å². The number of benzene rings is 1. The predicted octanol–water partition coefficient (Wildman–Crippen LogP) is 2.05. The van der Waals surface area contributed by atoms with Gasteiger partial charge in [0.1, 0.15) is 5.84 Å². The van der Waals surface area contributed by atoms with Crippen LogP contribution < -0.4 is 5.73 Å². The Labute approximate surface area is 166 Å². The van der Waals surface area contributed by atoms with E-state index in [1.54, 1.807) is 0 Å². The summed E-state index contributed by atoms with van der Waals surface area (Å²) in [7, 11) is 16.9. The Balaban J connectivity index is 1.72. The van der Waals surface area contributed by atoms with Gasteiger partial charge in [0.2, 0.25) is 0 Å². The topological polar surface area (TPSA) is 60.0 Å². The first-order valence-electron chi connectivity index (χ1n) is 8.90. The lowest BCUT2D eigenvalue weighted by Gasteiger charge is -2.46. The number of nitrogens with two attached hydrogens (primary N) is 1. The quantitative estimate of drug-likeness (QED) is 0.766. The average Bonchev–Trinajstić information content (AvgIpc) is 2.98. The summed E-state index contributed by atoms with van der Waals surface area (Å²) in [4.78, 5) is 9.93. The first kappa shape index (κ1) is 18.4. The van der Waals surface area contributed by atoms with Crippen LogP contribution in [0.3, 0.4) is 0 Å². The largest absolute Gasteiger partial charge is 0.400 e. The van der Waals surface area contributed by atoms with Crippen LogP contribution in [0.1, 0.15) is 43.7 Å². The summed E-state index contributed by atoms with van der Waals surface area (Å²) in [6, 6.07) is 6.37. The van der Waals surface area contributed by atoms with E-state index in [0.29, 0.717) is 5.84 Å². The van der Waals surface area contributed by atoms with E-state index in [1.165, 1.54) is 5.56 Å². The molecule has 1 unspecified atom stereocenters. The summed E-state index contributed by atoms with van der Waals surface area (Å²) >= 11 is 3.59. The Hall–Kier alpha value is -1.01. The number of halogens is 1. The SMILES string of the molecule is [B]C([B])([B])OC1CCC2(CC1)Cc1ccc(Br)cc1C21N=C(C)C(N)=N1. The fourth-order valence-corrected chi connectivity index (χ4v) is 5.18. The second-order valence-corrected chi connectivity index (χ2v) is 8.71. The highest BCUT2D eigenvalue weighted by Gasteiger charge is 2.60. The molecule has 1 fully saturated rings. The van der Waals surface area contributed by atoms with Crippen LogP contribution in [0.5, 0.6) is 0 Å². The van der Waals surface area contributed by atoms with E-state index in [-0.39, 0.29) is 11.5 Å². The number of amidine groups is 1. The molecule has 1 aliphatic heterocycles. The molecule has 1 aromatic carbocycles. The zero-order valence-corrected chi connectivity index (χ0v) is 16.4. The van der Waals surface area contributed by atoms with Crippen LogP contribution in [0.15, 0.2) is 32.7 Å². The molecule has 26 heavy (non-hydrogen) atoms. The van der Waals surface area contributed by atoms with Crippen molar-refractivity contribution < 1.29 is 4.74 Å². The van der Waals surface area contributed by atoms with Gasteiger partial charge in [0.15, 0.2) is 5.66 Å². The lowest BCUT2D eigenvalue weighted by molar-refractivity contribution is -0.0271. The molecule has 2 aliphatic carbocycles. The van der Waals surface area contributed by atoms with Crippen molar-refractivity contribution in [3.63, 3.8) is 0 Å². The molecule has 4 rings (SSSR count). The predicted molar refractivity (Wildman–Crippen MR) is 110 cm³/mol. The standard InChI is InChI=1S/C18H19B3BrN3O/c1-10-15(23)25-17(24-10)14-8-12(22)3-2-11(14)9-16(17)6-4-13(5-7-16)26-18(19,20)21/h2-3,8,13H,4-7,9H2,1H3,(H2,23,25). The van der Waals surface area contributed by atoms with Gasteiger partial charge in [0.25, 0.3) is 0 Å².